The van der Waals surface area contributed by atoms with Crippen LogP contribution in [0.1, 0.15) is 48.9 Å². The highest BCUT2D eigenvalue weighted by atomic mass is 19.4. The molecule has 2 amide bonds. The highest BCUT2D eigenvalue weighted by Gasteiger charge is 2.48. The summed E-state index contributed by atoms with van der Waals surface area (Å²) in [7, 11) is 0. The average molecular weight is 510 g/mol. The number of carbonyl (C=O) groups is 2. The minimum atomic E-state index is -4.52. The summed E-state index contributed by atoms with van der Waals surface area (Å²) in [6.07, 6.45) is 2.91. The standard InChI is InChI=1S/C27H26F3N5O2/c1-18-15-31-17-34(18)22-10-5-7-19(13-22)24-25(37)35(26(33-24)11-3-2-4-12-26)16-23(36)32-21-9-6-8-20(14-21)27(28,29)30/h5-10,13-15,17H,2-4,11-12,16H2,1H3,(H,32,36). The summed E-state index contributed by atoms with van der Waals surface area (Å²) in [5, 5.41) is 2.52. The van der Waals surface area contributed by atoms with E-state index in [4.69, 9.17) is 4.99 Å². The predicted octanol–water partition coefficient (Wildman–Crippen LogP) is 5.13. The highest BCUT2D eigenvalue weighted by molar-refractivity contribution is 6.47. The van der Waals surface area contributed by atoms with E-state index in [1.165, 1.54) is 17.0 Å². The van der Waals surface area contributed by atoms with Gasteiger partial charge in [-0.1, -0.05) is 24.6 Å². The van der Waals surface area contributed by atoms with Crippen molar-refractivity contribution in [3.63, 3.8) is 0 Å². The largest absolute Gasteiger partial charge is 0.416 e. The lowest BCUT2D eigenvalue weighted by molar-refractivity contribution is -0.137. The predicted molar refractivity (Wildman–Crippen MR) is 132 cm³/mol. The number of hydrogen-bond acceptors (Lipinski definition) is 4. The number of aromatic nitrogens is 2. The zero-order valence-corrected chi connectivity index (χ0v) is 20.3. The van der Waals surface area contributed by atoms with Gasteiger partial charge in [0, 0.05) is 28.8 Å². The van der Waals surface area contributed by atoms with Crippen LogP contribution in [0.25, 0.3) is 5.69 Å². The smallest absolute Gasteiger partial charge is 0.325 e. The lowest BCUT2D eigenvalue weighted by atomic mass is 9.88. The molecule has 2 aromatic carbocycles. The topological polar surface area (TPSA) is 79.6 Å². The molecule has 0 bridgehead atoms. The van der Waals surface area contributed by atoms with Crippen LogP contribution >= 0.6 is 0 Å². The van der Waals surface area contributed by atoms with Crippen molar-refractivity contribution in [1.82, 2.24) is 14.5 Å². The Morgan fingerprint density at radius 3 is 2.54 bits per heavy atom. The first kappa shape index (κ1) is 24.7. The molecule has 0 radical (unpaired) electrons. The fraction of sp³-hybridized carbons (Fsp3) is 0.333. The maximum absolute atomic E-state index is 13.7. The number of aryl methyl sites for hydroxylation is 1. The van der Waals surface area contributed by atoms with E-state index >= 15 is 0 Å². The van der Waals surface area contributed by atoms with Crippen molar-refractivity contribution in [3.8, 4) is 5.69 Å². The first-order chi connectivity index (χ1) is 17.7. The first-order valence-corrected chi connectivity index (χ1v) is 12.1. The Labute approximate surface area is 212 Å². The zero-order valence-electron chi connectivity index (χ0n) is 20.3. The number of halogens is 3. The van der Waals surface area contributed by atoms with Gasteiger partial charge in [-0.2, -0.15) is 13.2 Å². The third-order valence-corrected chi connectivity index (χ3v) is 6.92. The van der Waals surface area contributed by atoms with Crippen LogP contribution in [-0.2, 0) is 15.8 Å². The minimum absolute atomic E-state index is 0.0220. The van der Waals surface area contributed by atoms with Gasteiger partial charge in [0.05, 0.1) is 11.9 Å². The molecule has 0 unspecified atom stereocenters. The number of nitrogens with one attached hydrogen (secondary N) is 1. The Morgan fingerprint density at radius 2 is 1.84 bits per heavy atom. The Morgan fingerprint density at radius 1 is 1.08 bits per heavy atom. The summed E-state index contributed by atoms with van der Waals surface area (Å²) in [6, 6.07) is 11.9. The van der Waals surface area contributed by atoms with E-state index in [1.807, 2.05) is 35.8 Å². The summed E-state index contributed by atoms with van der Waals surface area (Å²) >= 11 is 0. The van der Waals surface area contributed by atoms with Crippen LogP contribution in [0.3, 0.4) is 0 Å². The molecule has 1 aliphatic heterocycles. The number of alkyl halides is 3. The fourth-order valence-electron chi connectivity index (χ4n) is 5.09. The molecule has 1 saturated carbocycles. The van der Waals surface area contributed by atoms with Crippen molar-refractivity contribution in [2.75, 3.05) is 11.9 Å². The molecule has 192 valence electrons. The zero-order chi connectivity index (χ0) is 26.2. The summed E-state index contributed by atoms with van der Waals surface area (Å²) in [4.78, 5) is 37.2. The van der Waals surface area contributed by atoms with E-state index in [9.17, 15) is 22.8 Å². The molecule has 2 aliphatic rings. The van der Waals surface area contributed by atoms with Crippen LogP contribution in [0, 0.1) is 6.92 Å². The number of hydrogen-bond donors (Lipinski definition) is 1. The third kappa shape index (κ3) is 4.87. The van der Waals surface area contributed by atoms with Gasteiger partial charge in [-0.25, -0.2) is 4.98 Å². The van der Waals surface area contributed by atoms with E-state index in [-0.39, 0.29) is 23.9 Å². The second kappa shape index (κ2) is 9.49. The van der Waals surface area contributed by atoms with Gasteiger partial charge in [-0.3, -0.25) is 14.6 Å². The van der Waals surface area contributed by atoms with Crippen LogP contribution < -0.4 is 5.32 Å². The van der Waals surface area contributed by atoms with Gasteiger partial charge in [-0.15, -0.1) is 0 Å². The lowest BCUT2D eigenvalue weighted by Crippen LogP contribution is -2.51. The number of nitrogens with zero attached hydrogens (tertiary/aromatic N) is 4. The second-order valence-electron chi connectivity index (χ2n) is 9.48. The summed E-state index contributed by atoms with van der Waals surface area (Å²) in [5.41, 5.74) is 1.03. The van der Waals surface area contributed by atoms with Crippen LogP contribution in [0.5, 0.6) is 0 Å². The number of imidazole rings is 1. The van der Waals surface area contributed by atoms with E-state index in [0.29, 0.717) is 18.4 Å². The highest BCUT2D eigenvalue weighted by Crippen LogP contribution is 2.40. The number of benzene rings is 2. The van der Waals surface area contributed by atoms with E-state index in [2.05, 4.69) is 10.3 Å². The molecule has 0 saturated heterocycles. The van der Waals surface area contributed by atoms with Gasteiger partial charge in [0.2, 0.25) is 5.91 Å². The lowest BCUT2D eigenvalue weighted by Gasteiger charge is -2.38. The molecule has 1 spiro atoms. The number of carbonyl (C=O) groups excluding carboxylic acids is 2. The van der Waals surface area contributed by atoms with Crippen LogP contribution in [0.2, 0.25) is 0 Å². The van der Waals surface area contributed by atoms with Gasteiger partial charge < -0.3 is 14.8 Å². The van der Waals surface area contributed by atoms with Gasteiger partial charge in [0.25, 0.3) is 5.91 Å². The van der Waals surface area contributed by atoms with Gasteiger partial charge in [0.15, 0.2) is 0 Å². The second-order valence-corrected chi connectivity index (χ2v) is 9.48. The van der Waals surface area contributed by atoms with Gasteiger partial charge in [0.1, 0.15) is 17.9 Å². The first-order valence-electron chi connectivity index (χ1n) is 12.1. The Kier molecular flexibility index (Phi) is 6.35. The molecular weight excluding hydrogens is 483 g/mol. The Balaban J connectivity index is 1.41. The molecule has 37 heavy (non-hydrogen) atoms. The van der Waals surface area contributed by atoms with E-state index in [0.717, 1.165) is 42.8 Å². The van der Waals surface area contributed by atoms with Crippen molar-refractivity contribution >= 4 is 23.2 Å². The van der Waals surface area contributed by atoms with Crippen molar-refractivity contribution in [2.45, 2.75) is 50.9 Å². The van der Waals surface area contributed by atoms with Crippen LogP contribution in [0.4, 0.5) is 18.9 Å². The van der Waals surface area contributed by atoms with E-state index in [1.54, 1.807) is 12.5 Å². The molecule has 1 aromatic heterocycles. The maximum Gasteiger partial charge on any atom is 0.416 e. The molecule has 0 atom stereocenters. The average Bonchev–Trinajstić information content (AvgIpc) is 3.41. The molecule has 10 heteroatoms. The normalized spacial score (nSPS) is 17.2. The molecular formula is C27H26F3N5O2. The number of anilines is 1. The molecule has 5 rings (SSSR count). The van der Waals surface area contributed by atoms with E-state index < -0.39 is 23.3 Å². The van der Waals surface area contributed by atoms with Crippen molar-refractivity contribution < 1.29 is 22.8 Å². The van der Waals surface area contributed by atoms with Crippen molar-refractivity contribution in [1.29, 1.82) is 0 Å². The molecule has 1 N–H and O–H groups in total. The SMILES string of the molecule is Cc1cncn1-c1cccc(C2=NC3(CCCCC3)N(CC(=O)Nc3cccc(C(F)(F)F)c3)C2=O)c1. The van der Waals surface area contributed by atoms with Crippen LogP contribution in [0.15, 0.2) is 66.0 Å². The Bertz CT molecular complexity index is 1370. The van der Waals surface area contributed by atoms with Crippen molar-refractivity contribution in [3.05, 3.63) is 77.9 Å². The van der Waals surface area contributed by atoms with Gasteiger partial charge >= 0.3 is 6.18 Å². The molecule has 1 fully saturated rings. The Hall–Kier alpha value is -3.95. The monoisotopic (exact) mass is 509 g/mol. The summed E-state index contributed by atoms with van der Waals surface area (Å²) in [5.74, 6) is -0.933. The fourth-order valence-corrected chi connectivity index (χ4v) is 5.09. The van der Waals surface area contributed by atoms with Gasteiger partial charge in [-0.05, 0) is 62.9 Å². The summed E-state index contributed by atoms with van der Waals surface area (Å²) in [6.45, 7) is 1.63. The molecule has 3 aromatic rings. The molecule has 1 aliphatic carbocycles. The maximum atomic E-state index is 13.7. The molecule has 2 heterocycles. The third-order valence-electron chi connectivity index (χ3n) is 6.92. The quantitative estimate of drug-likeness (QED) is 0.518. The van der Waals surface area contributed by atoms with Crippen LogP contribution in [-0.4, -0.2) is 44.2 Å². The minimum Gasteiger partial charge on any atom is -0.325 e. The number of aliphatic imine (C=N–C) groups is 1. The number of rotatable bonds is 5. The van der Waals surface area contributed by atoms with Crippen molar-refractivity contribution in [2.24, 2.45) is 4.99 Å². The molecule has 7 nitrogen and oxygen atoms in total. The summed E-state index contributed by atoms with van der Waals surface area (Å²) < 4.78 is 41.1. The number of amides is 2.